The minimum Gasteiger partial charge on any atom is -0.508 e. The Morgan fingerprint density at radius 3 is 2.62 bits per heavy atom. The number of phenolic OH excluding ortho intramolecular Hbond substituents is 1. The van der Waals surface area contributed by atoms with Gasteiger partial charge in [-0.2, -0.15) is 0 Å². The van der Waals surface area contributed by atoms with E-state index in [1.54, 1.807) is 36.4 Å². The van der Waals surface area contributed by atoms with Gasteiger partial charge in [0.25, 0.3) is 0 Å². The molecular formula is C13H12FNO. The maximum absolute atomic E-state index is 13.3. The summed E-state index contributed by atoms with van der Waals surface area (Å²) in [5, 5.41) is 12.3. The van der Waals surface area contributed by atoms with Crippen molar-refractivity contribution < 1.29 is 9.50 Å². The lowest BCUT2D eigenvalue weighted by molar-refractivity contribution is 0.475. The molecule has 0 fully saturated rings. The first-order valence-electron chi connectivity index (χ1n) is 5.02. The van der Waals surface area contributed by atoms with Crippen molar-refractivity contribution in [1.82, 2.24) is 0 Å². The van der Waals surface area contributed by atoms with Crippen LogP contribution in [0.15, 0.2) is 48.5 Å². The maximum atomic E-state index is 13.3. The summed E-state index contributed by atoms with van der Waals surface area (Å²) in [5.74, 6) is -0.0336. The van der Waals surface area contributed by atoms with E-state index in [4.69, 9.17) is 0 Å². The van der Waals surface area contributed by atoms with Crippen molar-refractivity contribution >= 4 is 5.69 Å². The molecule has 0 saturated heterocycles. The molecule has 0 radical (unpaired) electrons. The quantitative estimate of drug-likeness (QED) is 0.827. The van der Waals surface area contributed by atoms with E-state index in [-0.39, 0.29) is 11.6 Å². The lowest BCUT2D eigenvalue weighted by atomic mass is 10.2. The van der Waals surface area contributed by atoms with Gasteiger partial charge in [0.1, 0.15) is 11.6 Å². The molecule has 0 aliphatic rings. The molecule has 0 spiro atoms. The predicted molar refractivity (Wildman–Crippen MR) is 61.8 cm³/mol. The molecule has 0 atom stereocenters. The van der Waals surface area contributed by atoms with Crippen LogP contribution in [0.2, 0.25) is 0 Å². The summed E-state index contributed by atoms with van der Waals surface area (Å²) in [4.78, 5) is 0. The number of hydrogen-bond donors (Lipinski definition) is 2. The van der Waals surface area contributed by atoms with Crippen LogP contribution in [0.3, 0.4) is 0 Å². The number of nitrogens with one attached hydrogen (secondary N) is 1. The highest BCUT2D eigenvalue weighted by atomic mass is 19.1. The topological polar surface area (TPSA) is 32.3 Å². The fraction of sp³-hybridized carbons (Fsp3) is 0.0769. The third kappa shape index (κ3) is 2.51. The second-order valence-electron chi connectivity index (χ2n) is 3.50. The lowest BCUT2D eigenvalue weighted by Gasteiger charge is -2.07. The highest BCUT2D eigenvalue weighted by Crippen LogP contribution is 2.16. The minimum absolute atomic E-state index is 0.193. The first-order chi connectivity index (χ1) is 7.75. The SMILES string of the molecule is Oc1cccc(NCc2ccccc2F)c1. The van der Waals surface area contributed by atoms with E-state index >= 15 is 0 Å². The Kier molecular flexibility index (Phi) is 3.05. The third-order valence-corrected chi connectivity index (χ3v) is 2.29. The molecule has 82 valence electrons. The van der Waals surface area contributed by atoms with Gasteiger partial charge in [-0.15, -0.1) is 0 Å². The standard InChI is InChI=1S/C13H12FNO/c14-13-7-2-1-4-10(13)9-15-11-5-3-6-12(16)8-11/h1-8,15-16H,9H2. The summed E-state index contributed by atoms with van der Waals surface area (Å²) in [7, 11) is 0. The molecule has 0 aromatic heterocycles. The molecular weight excluding hydrogens is 205 g/mol. The van der Waals surface area contributed by atoms with Gasteiger partial charge in [-0.1, -0.05) is 24.3 Å². The Labute approximate surface area is 93.4 Å². The number of rotatable bonds is 3. The zero-order chi connectivity index (χ0) is 11.4. The molecule has 2 N–H and O–H groups in total. The van der Waals surface area contributed by atoms with Gasteiger partial charge in [-0.25, -0.2) is 4.39 Å². The van der Waals surface area contributed by atoms with Crippen LogP contribution in [0.1, 0.15) is 5.56 Å². The number of halogens is 1. The van der Waals surface area contributed by atoms with Crippen molar-refractivity contribution in [2.45, 2.75) is 6.54 Å². The van der Waals surface area contributed by atoms with Crippen LogP contribution >= 0.6 is 0 Å². The minimum atomic E-state index is -0.227. The van der Waals surface area contributed by atoms with Crippen molar-refractivity contribution in [2.75, 3.05) is 5.32 Å². The largest absolute Gasteiger partial charge is 0.508 e. The number of hydrogen-bond acceptors (Lipinski definition) is 2. The van der Waals surface area contributed by atoms with Gasteiger partial charge in [0.15, 0.2) is 0 Å². The highest BCUT2D eigenvalue weighted by molar-refractivity contribution is 5.48. The van der Waals surface area contributed by atoms with Crippen LogP contribution in [-0.4, -0.2) is 5.11 Å². The third-order valence-electron chi connectivity index (χ3n) is 2.29. The number of aromatic hydroxyl groups is 1. The lowest BCUT2D eigenvalue weighted by Crippen LogP contribution is -2.01. The van der Waals surface area contributed by atoms with E-state index in [0.29, 0.717) is 12.1 Å². The molecule has 0 saturated carbocycles. The van der Waals surface area contributed by atoms with Crippen LogP contribution in [0, 0.1) is 5.82 Å². The number of phenols is 1. The molecule has 16 heavy (non-hydrogen) atoms. The Morgan fingerprint density at radius 1 is 1.06 bits per heavy atom. The molecule has 2 aromatic rings. The van der Waals surface area contributed by atoms with Crippen LogP contribution in [0.5, 0.6) is 5.75 Å². The van der Waals surface area contributed by atoms with Gasteiger partial charge in [-0.05, 0) is 18.2 Å². The second-order valence-corrected chi connectivity index (χ2v) is 3.50. The molecule has 0 unspecified atom stereocenters. The van der Waals surface area contributed by atoms with Crippen molar-refractivity contribution in [3.05, 3.63) is 59.9 Å². The fourth-order valence-corrected chi connectivity index (χ4v) is 1.45. The molecule has 0 amide bonds. The van der Waals surface area contributed by atoms with Crippen molar-refractivity contribution in [2.24, 2.45) is 0 Å². The molecule has 2 nitrogen and oxygen atoms in total. The van der Waals surface area contributed by atoms with Crippen molar-refractivity contribution in [3.8, 4) is 5.75 Å². The molecule has 2 aromatic carbocycles. The monoisotopic (exact) mass is 217 g/mol. The summed E-state index contributed by atoms with van der Waals surface area (Å²) in [6, 6.07) is 13.4. The van der Waals surface area contributed by atoms with E-state index in [9.17, 15) is 9.50 Å². The summed E-state index contributed by atoms with van der Waals surface area (Å²) in [6.07, 6.45) is 0. The molecule has 2 rings (SSSR count). The van der Waals surface area contributed by atoms with Gasteiger partial charge in [0.2, 0.25) is 0 Å². The summed E-state index contributed by atoms with van der Waals surface area (Å²) in [6.45, 7) is 0.399. The van der Waals surface area contributed by atoms with E-state index in [0.717, 1.165) is 5.69 Å². The number of anilines is 1. The first-order valence-corrected chi connectivity index (χ1v) is 5.02. The second kappa shape index (κ2) is 4.66. The number of benzene rings is 2. The van der Waals surface area contributed by atoms with Gasteiger partial charge < -0.3 is 10.4 Å². The van der Waals surface area contributed by atoms with Crippen LogP contribution < -0.4 is 5.32 Å². The highest BCUT2D eigenvalue weighted by Gasteiger charge is 2.00. The fourth-order valence-electron chi connectivity index (χ4n) is 1.45. The van der Waals surface area contributed by atoms with Gasteiger partial charge >= 0.3 is 0 Å². The molecule has 0 aliphatic carbocycles. The Bertz CT molecular complexity index is 485. The zero-order valence-corrected chi connectivity index (χ0v) is 8.65. The smallest absolute Gasteiger partial charge is 0.128 e. The average Bonchev–Trinajstić information content (AvgIpc) is 2.28. The normalized spacial score (nSPS) is 10.1. The molecule has 0 aliphatic heterocycles. The predicted octanol–water partition coefficient (Wildman–Crippen LogP) is 3.14. The molecule has 0 heterocycles. The van der Waals surface area contributed by atoms with Crippen molar-refractivity contribution in [3.63, 3.8) is 0 Å². The maximum Gasteiger partial charge on any atom is 0.128 e. The summed E-state index contributed by atoms with van der Waals surface area (Å²) >= 11 is 0. The van der Waals surface area contributed by atoms with Gasteiger partial charge in [0.05, 0.1) is 0 Å². The first kappa shape index (κ1) is 10.5. The Balaban J connectivity index is 2.05. The van der Waals surface area contributed by atoms with E-state index in [2.05, 4.69) is 5.32 Å². The average molecular weight is 217 g/mol. The van der Waals surface area contributed by atoms with E-state index in [1.807, 2.05) is 6.07 Å². The van der Waals surface area contributed by atoms with E-state index in [1.165, 1.54) is 6.07 Å². The van der Waals surface area contributed by atoms with Gasteiger partial charge in [-0.3, -0.25) is 0 Å². The van der Waals surface area contributed by atoms with Crippen LogP contribution in [0.4, 0.5) is 10.1 Å². The van der Waals surface area contributed by atoms with Crippen molar-refractivity contribution in [1.29, 1.82) is 0 Å². The van der Waals surface area contributed by atoms with Crippen LogP contribution in [-0.2, 0) is 6.54 Å². The summed E-state index contributed by atoms with van der Waals surface area (Å²) in [5.41, 5.74) is 1.37. The Hall–Kier alpha value is -2.03. The summed E-state index contributed by atoms with van der Waals surface area (Å²) < 4.78 is 13.3. The molecule has 3 heteroatoms. The Morgan fingerprint density at radius 2 is 1.88 bits per heavy atom. The zero-order valence-electron chi connectivity index (χ0n) is 8.65. The van der Waals surface area contributed by atoms with E-state index < -0.39 is 0 Å². The van der Waals surface area contributed by atoms with Crippen LogP contribution in [0.25, 0.3) is 0 Å². The molecule has 0 bridgehead atoms. The van der Waals surface area contributed by atoms with Gasteiger partial charge in [0, 0.05) is 23.9 Å².